The van der Waals surface area contributed by atoms with Gasteiger partial charge in [-0.1, -0.05) is 13.8 Å². The van der Waals surface area contributed by atoms with E-state index in [0.29, 0.717) is 5.56 Å². The van der Waals surface area contributed by atoms with Crippen molar-refractivity contribution >= 4 is 17.7 Å². The molecule has 0 fully saturated rings. The number of hydrogen-bond donors (Lipinski definition) is 2. The van der Waals surface area contributed by atoms with Gasteiger partial charge in [-0.25, -0.2) is 9.18 Å². The van der Waals surface area contributed by atoms with E-state index in [2.05, 4.69) is 5.32 Å². The molecule has 0 bridgehead atoms. The Bertz CT molecular complexity index is 525. The Morgan fingerprint density at radius 3 is 2.19 bits per heavy atom. The number of carboxylic acid groups (broad SMARTS) is 1. The third-order valence-corrected chi connectivity index (χ3v) is 2.99. The summed E-state index contributed by atoms with van der Waals surface area (Å²) in [6.45, 7) is 3.37. The van der Waals surface area contributed by atoms with Crippen LogP contribution in [0.2, 0.25) is 0 Å². The van der Waals surface area contributed by atoms with Gasteiger partial charge in [0, 0.05) is 18.4 Å². The van der Waals surface area contributed by atoms with Crippen LogP contribution in [-0.2, 0) is 9.59 Å². The molecule has 1 amide bonds. The number of carboxylic acids is 1. The largest absolute Gasteiger partial charge is 0.480 e. The predicted octanol–water partition coefficient (Wildman–Crippen LogP) is 2.01. The average molecular weight is 295 g/mol. The van der Waals surface area contributed by atoms with Crippen molar-refractivity contribution in [2.45, 2.75) is 32.7 Å². The quantitative estimate of drug-likeness (QED) is 0.754. The Hall–Kier alpha value is -2.24. The predicted molar refractivity (Wildman–Crippen MR) is 74.4 cm³/mol. The van der Waals surface area contributed by atoms with Crippen LogP contribution in [0.1, 0.15) is 37.0 Å². The van der Waals surface area contributed by atoms with Crippen LogP contribution in [0.5, 0.6) is 0 Å². The van der Waals surface area contributed by atoms with E-state index in [9.17, 15) is 18.8 Å². The Balaban J connectivity index is 2.51. The van der Waals surface area contributed by atoms with Gasteiger partial charge in [-0.05, 0) is 30.2 Å². The molecule has 0 spiro atoms. The van der Waals surface area contributed by atoms with Crippen LogP contribution in [0.4, 0.5) is 4.39 Å². The Labute approximate surface area is 122 Å². The first kappa shape index (κ1) is 16.8. The van der Waals surface area contributed by atoms with Gasteiger partial charge in [0.05, 0.1) is 0 Å². The lowest BCUT2D eigenvalue weighted by molar-refractivity contribution is -0.143. The highest BCUT2D eigenvalue weighted by atomic mass is 19.1. The first-order chi connectivity index (χ1) is 9.81. The fourth-order valence-electron chi connectivity index (χ4n) is 1.77. The third kappa shape index (κ3) is 5.33. The zero-order valence-electron chi connectivity index (χ0n) is 11.9. The number of ketones is 1. The molecule has 0 aromatic heterocycles. The van der Waals surface area contributed by atoms with E-state index >= 15 is 0 Å². The number of aliphatic carboxylic acids is 1. The van der Waals surface area contributed by atoms with Crippen LogP contribution in [-0.4, -0.2) is 28.8 Å². The van der Waals surface area contributed by atoms with Crippen molar-refractivity contribution in [2.75, 3.05) is 0 Å². The maximum Gasteiger partial charge on any atom is 0.326 e. The molecule has 0 radical (unpaired) electrons. The van der Waals surface area contributed by atoms with Crippen LogP contribution in [0.3, 0.4) is 0 Å². The fourth-order valence-corrected chi connectivity index (χ4v) is 1.77. The SMILES string of the molecule is CC(C)[C@@H](NC(=O)CCC(=O)c1ccc(F)cc1)C(=O)O. The van der Waals surface area contributed by atoms with Crippen LogP contribution in [0.15, 0.2) is 24.3 Å². The van der Waals surface area contributed by atoms with Crippen molar-refractivity contribution in [1.29, 1.82) is 0 Å². The number of nitrogens with one attached hydrogen (secondary N) is 1. The highest BCUT2D eigenvalue weighted by Crippen LogP contribution is 2.08. The molecule has 0 aliphatic heterocycles. The molecule has 0 saturated carbocycles. The van der Waals surface area contributed by atoms with E-state index in [1.807, 2.05) is 0 Å². The second-order valence-corrected chi connectivity index (χ2v) is 5.06. The van der Waals surface area contributed by atoms with E-state index in [1.54, 1.807) is 13.8 Å². The smallest absolute Gasteiger partial charge is 0.326 e. The highest BCUT2D eigenvalue weighted by Gasteiger charge is 2.23. The molecule has 21 heavy (non-hydrogen) atoms. The number of halogens is 1. The van der Waals surface area contributed by atoms with Crippen molar-refractivity contribution in [3.05, 3.63) is 35.6 Å². The summed E-state index contributed by atoms with van der Waals surface area (Å²) in [5, 5.41) is 11.3. The molecule has 0 heterocycles. The Morgan fingerprint density at radius 1 is 1.14 bits per heavy atom. The molecule has 6 heteroatoms. The molecule has 114 valence electrons. The van der Waals surface area contributed by atoms with Crippen LogP contribution >= 0.6 is 0 Å². The topological polar surface area (TPSA) is 83.5 Å². The molecule has 0 aliphatic rings. The van der Waals surface area contributed by atoms with Gasteiger partial charge in [-0.2, -0.15) is 0 Å². The number of hydrogen-bond acceptors (Lipinski definition) is 3. The number of carbonyl (C=O) groups excluding carboxylic acids is 2. The molecule has 0 saturated heterocycles. The molecule has 0 aliphatic carbocycles. The summed E-state index contributed by atoms with van der Waals surface area (Å²) >= 11 is 0. The maximum atomic E-state index is 12.7. The van der Waals surface area contributed by atoms with Gasteiger partial charge in [-0.3, -0.25) is 9.59 Å². The van der Waals surface area contributed by atoms with Crippen LogP contribution in [0.25, 0.3) is 0 Å². The normalized spacial score (nSPS) is 12.0. The first-order valence-corrected chi connectivity index (χ1v) is 6.62. The summed E-state index contributed by atoms with van der Waals surface area (Å²) in [5.74, 6) is -2.58. The fraction of sp³-hybridized carbons (Fsp3) is 0.400. The van der Waals surface area contributed by atoms with Gasteiger partial charge in [0.15, 0.2) is 5.78 Å². The monoisotopic (exact) mass is 295 g/mol. The minimum absolute atomic E-state index is 0.0537. The molecule has 1 rings (SSSR count). The summed E-state index contributed by atoms with van der Waals surface area (Å²) in [4.78, 5) is 34.4. The third-order valence-electron chi connectivity index (χ3n) is 2.99. The number of rotatable bonds is 7. The highest BCUT2D eigenvalue weighted by molar-refractivity contribution is 5.98. The van der Waals surface area contributed by atoms with E-state index in [-0.39, 0.29) is 24.5 Å². The number of carbonyl (C=O) groups is 3. The molecule has 1 aromatic carbocycles. The molecule has 1 atom stereocenters. The zero-order valence-corrected chi connectivity index (χ0v) is 11.9. The van der Waals surface area contributed by atoms with Gasteiger partial charge >= 0.3 is 5.97 Å². The number of amides is 1. The molecule has 1 aromatic rings. The van der Waals surface area contributed by atoms with Gasteiger partial charge < -0.3 is 10.4 Å². The summed E-state index contributed by atoms with van der Waals surface area (Å²) in [5.41, 5.74) is 0.322. The average Bonchev–Trinajstić information content (AvgIpc) is 2.42. The lowest BCUT2D eigenvalue weighted by Gasteiger charge is -2.17. The second-order valence-electron chi connectivity index (χ2n) is 5.06. The molecule has 0 unspecified atom stereocenters. The summed E-state index contributed by atoms with van der Waals surface area (Å²) in [7, 11) is 0. The van der Waals surface area contributed by atoms with Gasteiger partial charge in [0.2, 0.25) is 5.91 Å². The van der Waals surface area contributed by atoms with Crippen molar-refractivity contribution in [2.24, 2.45) is 5.92 Å². The van der Waals surface area contributed by atoms with Crippen molar-refractivity contribution in [3.63, 3.8) is 0 Å². The van der Waals surface area contributed by atoms with Crippen molar-refractivity contribution in [1.82, 2.24) is 5.32 Å². The van der Waals surface area contributed by atoms with E-state index in [4.69, 9.17) is 5.11 Å². The summed E-state index contributed by atoms with van der Waals surface area (Å²) in [6, 6.07) is 4.07. The lowest BCUT2D eigenvalue weighted by atomic mass is 10.0. The number of benzene rings is 1. The van der Waals surface area contributed by atoms with Gasteiger partial charge in [0.1, 0.15) is 11.9 Å². The van der Waals surface area contributed by atoms with E-state index < -0.39 is 23.7 Å². The van der Waals surface area contributed by atoms with Crippen molar-refractivity contribution < 1.29 is 23.9 Å². The second kappa shape index (κ2) is 7.52. The zero-order chi connectivity index (χ0) is 16.0. The molecule has 2 N–H and O–H groups in total. The Morgan fingerprint density at radius 2 is 1.71 bits per heavy atom. The van der Waals surface area contributed by atoms with E-state index in [0.717, 1.165) is 0 Å². The minimum atomic E-state index is -1.11. The summed E-state index contributed by atoms with van der Waals surface area (Å²) in [6.07, 6.45) is -0.158. The molecular formula is C15H18FNO4. The maximum absolute atomic E-state index is 12.7. The Kier molecular flexibility index (Phi) is 6.02. The molecule has 5 nitrogen and oxygen atoms in total. The lowest BCUT2D eigenvalue weighted by Crippen LogP contribution is -2.44. The van der Waals surface area contributed by atoms with Crippen LogP contribution < -0.4 is 5.32 Å². The molecular weight excluding hydrogens is 277 g/mol. The standard InChI is InChI=1S/C15H18FNO4/c1-9(2)14(15(20)21)17-13(19)8-7-12(18)10-3-5-11(16)6-4-10/h3-6,9,14H,7-8H2,1-2H3,(H,17,19)(H,20,21)/t14-/m1/s1. The van der Waals surface area contributed by atoms with Crippen molar-refractivity contribution in [3.8, 4) is 0 Å². The minimum Gasteiger partial charge on any atom is -0.480 e. The summed E-state index contributed by atoms with van der Waals surface area (Å²) < 4.78 is 12.7. The number of Topliss-reactive ketones (excluding diaryl/α,β-unsaturated/α-hetero) is 1. The van der Waals surface area contributed by atoms with E-state index in [1.165, 1.54) is 24.3 Å². The van der Waals surface area contributed by atoms with Crippen LogP contribution in [0, 0.1) is 11.7 Å². The van der Waals surface area contributed by atoms with Gasteiger partial charge in [0.25, 0.3) is 0 Å². The van der Waals surface area contributed by atoms with Gasteiger partial charge in [-0.15, -0.1) is 0 Å². The first-order valence-electron chi connectivity index (χ1n) is 6.62.